The van der Waals surface area contributed by atoms with Crippen molar-refractivity contribution in [2.24, 2.45) is 22.7 Å². The number of carbonyl (C=O) groups excluding carboxylic acids is 4. The van der Waals surface area contributed by atoms with E-state index in [0.717, 1.165) is 0 Å². The number of benzene rings is 1. The molecule has 0 bridgehead atoms. The van der Waals surface area contributed by atoms with Gasteiger partial charge in [-0.05, 0) is 28.5 Å². The van der Waals surface area contributed by atoms with Gasteiger partial charge in [-0.1, -0.05) is 39.8 Å². The molecule has 1 aromatic rings. The van der Waals surface area contributed by atoms with Crippen molar-refractivity contribution in [3.8, 4) is 6.07 Å². The maximum Gasteiger partial charge on any atom is 0.144 e. The molecule has 0 N–H and O–H groups in total. The van der Waals surface area contributed by atoms with Crippen LogP contribution in [0.3, 0.4) is 0 Å². The molecule has 2 aliphatic carbocycles. The number of nitriles is 1. The van der Waals surface area contributed by atoms with Crippen LogP contribution in [0.25, 0.3) is 0 Å². The molecular formula is C24H27NO4. The van der Waals surface area contributed by atoms with E-state index >= 15 is 0 Å². The molecule has 0 heterocycles. The molecule has 5 heteroatoms. The minimum Gasteiger partial charge on any atom is -0.299 e. The van der Waals surface area contributed by atoms with Gasteiger partial charge >= 0.3 is 0 Å². The Hall–Kier alpha value is -2.61. The maximum absolute atomic E-state index is 13.0. The zero-order chi connectivity index (χ0) is 21.6. The summed E-state index contributed by atoms with van der Waals surface area (Å²) in [5, 5.41) is 9.08. The lowest BCUT2D eigenvalue weighted by atomic mass is 9.59. The highest BCUT2D eigenvalue weighted by Crippen LogP contribution is 2.47. The van der Waals surface area contributed by atoms with Gasteiger partial charge in [-0.15, -0.1) is 0 Å². The molecule has 3 rings (SSSR count). The average Bonchev–Trinajstić information content (AvgIpc) is 2.57. The van der Waals surface area contributed by atoms with Gasteiger partial charge in [0.25, 0.3) is 0 Å². The number of carbonyl (C=O) groups is 4. The molecule has 2 fully saturated rings. The Morgan fingerprint density at radius 3 is 1.41 bits per heavy atom. The van der Waals surface area contributed by atoms with E-state index < -0.39 is 28.6 Å². The minimum absolute atomic E-state index is 0.203. The number of hydrogen-bond acceptors (Lipinski definition) is 5. The maximum atomic E-state index is 13.0. The molecule has 0 saturated heterocycles. The van der Waals surface area contributed by atoms with E-state index in [0.29, 0.717) is 11.1 Å². The van der Waals surface area contributed by atoms with Gasteiger partial charge in [0, 0.05) is 31.6 Å². The molecule has 0 aromatic heterocycles. The van der Waals surface area contributed by atoms with E-state index in [2.05, 4.69) is 0 Å². The lowest BCUT2D eigenvalue weighted by molar-refractivity contribution is -0.145. The van der Waals surface area contributed by atoms with Crippen LogP contribution in [-0.2, 0) is 19.2 Å². The molecule has 0 radical (unpaired) electrons. The smallest absolute Gasteiger partial charge is 0.144 e. The van der Waals surface area contributed by atoms with E-state index in [1.165, 1.54) is 0 Å². The summed E-state index contributed by atoms with van der Waals surface area (Å²) in [6.07, 6.45) is 0.987. The first-order valence-corrected chi connectivity index (χ1v) is 10.0. The number of nitrogens with zero attached hydrogens (tertiary/aromatic N) is 1. The second-order valence-electron chi connectivity index (χ2n) is 10.1. The van der Waals surface area contributed by atoms with E-state index in [-0.39, 0.29) is 48.8 Å². The third-order valence-electron chi connectivity index (χ3n) is 6.14. The van der Waals surface area contributed by atoms with Crippen molar-refractivity contribution < 1.29 is 19.2 Å². The molecule has 0 spiro atoms. The summed E-state index contributed by atoms with van der Waals surface area (Å²) in [5.41, 5.74) is 0.212. The molecule has 0 aliphatic heterocycles. The summed E-state index contributed by atoms with van der Waals surface area (Å²) in [4.78, 5) is 52.2. The van der Waals surface area contributed by atoms with Crippen LogP contribution in [0.2, 0.25) is 0 Å². The highest BCUT2D eigenvalue weighted by molar-refractivity contribution is 6.11. The summed E-state index contributed by atoms with van der Waals surface area (Å²) < 4.78 is 0. The van der Waals surface area contributed by atoms with Gasteiger partial charge in [-0.2, -0.15) is 5.26 Å². The Labute approximate surface area is 171 Å². The SMILES string of the molecule is CC1(C)CC(=O)C(C(c2ccc(C#N)cc2)C2C(=O)CC(C)(C)CC2=O)C(=O)C1. The van der Waals surface area contributed by atoms with Crippen molar-refractivity contribution >= 4 is 23.1 Å². The number of rotatable bonds is 3. The van der Waals surface area contributed by atoms with Crippen LogP contribution in [0, 0.1) is 34.0 Å². The fraction of sp³-hybridized carbons (Fsp3) is 0.542. The Morgan fingerprint density at radius 2 is 1.10 bits per heavy atom. The molecule has 2 saturated carbocycles. The van der Waals surface area contributed by atoms with Crippen molar-refractivity contribution in [2.45, 2.75) is 59.3 Å². The zero-order valence-electron chi connectivity index (χ0n) is 17.5. The van der Waals surface area contributed by atoms with Crippen molar-refractivity contribution in [1.29, 1.82) is 5.26 Å². The normalized spacial score (nSPS) is 22.8. The van der Waals surface area contributed by atoms with Gasteiger partial charge in [0.15, 0.2) is 0 Å². The van der Waals surface area contributed by atoms with Crippen LogP contribution in [0.1, 0.15) is 70.4 Å². The van der Waals surface area contributed by atoms with Crippen LogP contribution < -0.4 is 0 Å². The number of Topliss-reactive ketones (excluding diaryl/α,β-unsaturated/α-hetero) is 4. The second kappa shape index (κ2) is 7.33. The van der Waals surface area contributed by atoms with E-state index in [1.807, 2.05) is 33.8 Å². The predicted octanol–water partition coefficient (Wildman–Crippen LogP) is 3.79. The highest BCUT2D eigenvalue weighted by Gasteiger charge is 2.52. The third-order valence-corrected chi connectivity index (χ3v) is 6.14. The Morgan fingerprint density at radius 1 is 0.759 bits per heavy atom. The highest BCUT2D eigenvalue weighted by atomic mass is 16.2. The van der Waals surface area contributed by atoms with Crippen molar-refractivity contribution in [1.82, 2.24) is 0 Å². The molecule has 0 amide bonds. The summed E-state index contributed by atoms with van der Waals surface area (Å²) in [7, 11) is 0. The van der Waals surface area contributed by atoms with Gasteiger partial charge in [-0.25, -0.2) is 0 Å². The van der Waals surface area contributed by atoms with Crippen LogP contribution >= 0.6 is 0 Å². The monoisotopic (exact) mass is 393 g/mol. The van der Waals surface area contributed by atoms with Gasteiger partial charge < -0.3 is 0 Å². The summed E-state index contributed by atoms with van der Waals surface area (Å²) in [6, 6.07) is 8.59. The zero-order valence-corrected chi connectivity index (χ0v) is 17.5. The Kier molecular flexibility index (Phi) is 5.34. The standard InChI is InChI=1S/C24H27NO4/c1-23(2)9-16(26)21(17(27)10-23)20(15-7-5-14(13-25)6-8-15)22-18(28)11-24(3,4)12-19(22)29/h5-8,20-22H,9-12H2,1-4H3. The van der Waals surface area contributed by atoms with Crippen molar-refractivity contribution in [3.63, 3.8) is 0 Å². The largest absolute Gasteiger partial charge is 0.299 e. The number of hydrogen-bond donors (Lipinski definition) is 0. The van der Waals surface area contributed by atoms with Crippen LogP contribution in [0.4, 0.5) is 0 Å². The van der Waals surface area contributed by atoms with Crippen LogP contribution in [0.15, 0.2) is 24.3 Å². The molecule has 0 unspecified atom stereocenters. The van der Waals surface area contributed by atoms with Gasteiger partial charge in [-0.3, -0.25) is 19.2 Å². The first kappa shape index (κ1) is 21.1. The molecular weight excluding hydrogens is 366 g/mol. The average molecular weight is 393 g/mol. The topological polar surface area (TPSA) is 92.1 Å². The summed E-state index contributed by atoms with van der Waals surface area (Å²) >= 11 is 0. The van der Waals surface area contributed by atoms with E-state index in [9.17, 15) is 19.2 Å². The van der Waals surface area contributed by atoms with Crippen LogP contribution in [0.5, 0.6) is 0 Å². The molecule has 29 heavy (non-hydrogen) atoms. The second-order valence-corrected chi connectivity index (χ2v) is 10.1. The minimum atomic E-state index is -0.991. The Balaban J connectivity index is 2.09. The van der Waals surface area contributed by atoms with Crippen molar-refractivity contribution in [2.75, 3.05) is 0 Å². The molecule has 0 atom stereocenters. The van der Waals surface area contributed by atoms with Gasteiger partial charge in [0.05, 0.1) is 23.5 Å². The van der Waals surface area contributed by atoms with Crippen LogP contribution in [-0.4, -0.2) is 23.1 Å². The fourth-order valence-corrected chi connectivity index (χ4v) is 4.97. The lowest BCUT2D eigenvalue weighted by Crippen LogP contribution is -2.48. The van der Waals surface area contributed by atoms with Gasteiger partial charge in [0.1, 0.15) is 23.1 Å². The lowest BCUT2D eigenvalue weighted by Gasteiger charge is -2.41. The van der Waals surface area contributed by atoms with Crippen molar-refractivity contribution in [3.05, 3.63) is 35.4 Å². The van der Waals surface area contributed by atoms with Gasteiger partial charge in [0.2, 0.25) is 0 Å². The molecule has 2 aliphatic rings. The summed E-state index contributed by atoms with van der Waals surface area (Å²) in [6.45, 7) is 7.54. The third kappa shape index (κ3) is 4.22. The van der Waals surface area contributed by atoms with E-state index in [4.69, 9.17) is 5.26 Å². The first-order chi connectivity index (χ1) is 13.4. The first-order valence-electron chi connectivity index (χ1n) is 10.0. The summed E-state index contributed by atoms with van der Waals surface area (Å²) in [5.74, 6) is -3.59. The number of ketones is 4. The quantitative estimate of drug-likeness (QED) is 0.729. The predicted molar refractivity (Wildman–Crippen MR) is 107 cm³/mol. The Bertz CT molecular complexity index is 829. The van der Waals surface area contributed by atoms with E-state index in [1.54, 1.807) is 24.3 Å². The molecule has 1 aromatic carbocycles. The fourth-order valence-electron chi connectivity index (χ4n) is 4.97. The molecule has 152 valence electrons. The molecule has 5 nitrogen and oxygen atoms in total.